The van der Waals surface area contributed by atoms with E-state index in [-0.39, 0.29) is 0 Å². The molecular formula is C18H21NO3. The van der Waals surface area contributed by atoms with Crippen molar-refractivity contribution in [1.82, 2.24) is 4.90 Å². The smallest absolute Gasteiger partial charge is 0.211 e. The van der Waals surface area contributed by atoms with Gasteiger partial charge in [0.15, 0.2) is 11.5 Å². The van der Waals surface area contributed by atoms with Gasteiger partial charge in [0.25, 0.3) is 0 Å². The maximum atomic E-state index is 9.45. The number of hydrogen-bond acceptors (Lipinski definition) is 4. The van der Waals surface area contributed by atoms with Gasteiger partial charge in [0.1, 0.15) is 12.2 Å². The molecule has 5 atom stereocenters. The molecule has 2 heterocycles. The van der Waals surface area contributed by atoms with E-state index in [0.29, 0.717) is 30.9 Å². The molecule has 1 spiro atoms. The Labute approximate surface area is 136 Å². The molecule has 1 N–H and O–H groups in total. The minimum absolute atomic E-state index is 0.397. The van der Waals surface area contributed by atoms with Crippen molar-refractivity contribution < 1.29 is 18.7 Å². The van der Waals surface area contributed by atoms with Crippen LogP contribution in [0.4, 0.5) is 0 Å². The Balaban J connectivity index is 1.90. The number of likely N-dealkylation sites (tertiary alicyclic amines) is 1. The van der Waals surface area contributed by atoms with Gasteiger partial charge in [-0.3, -0.25) is 0 Å². The Bertz CT molecular complexity index is 850. The summed E-state index contributed by atoms with van der Waals surface area (Å²) in [6, 6.07) is 2.58. The van der Waals surface area contributed by atoms with E-state index in [0.717, 1.165) is 11.1 Å². The second-order valence-corrected chi connectivity index (χ2v) is 6.54. The van der Waals surface area contributed by atoms with Crippen LogP contribution in [-0.2, 0) is 11.8 Å². The lowest BCUT2D eigenvalue weighted by Gasteiger charge is -2.56. The van der Waals surface area contributed by atoms with E-state index in [1.54, 1.807) is 13.2 Å². The van der Waals surface area contributed by atoms with Crippen LogP contribution in [0.15, 0.2) is 24.3 Å². The van der Waals surface area contributed by atoms with Gasteiger partial charge in [-0.25, -0.2) is 0 Å². The number of nitrogens with zero attached hydrogens (tertiary/aromatic N) is 1. The van der Waals surface area contributed by atoms with Crippen LogP contribution in [0.5, 0.6) is 11.5 Å². The summed E-state index contributed by atoms with van der Waals surface area (Å²) < 4.78 is 46.6. The molecule has 1 fully saturated rings. The fourth-order valence-electron chi connectivity index (χ4n) is 4.69. The van der Waals surface area contributed by atoms with Crippen molar-refractivity contribution in [3.8, 4) is 11.5 Å². The number of likely N-dealkylation sites (N-methyl/N-ethyl adjacent to an activating group) is 1. The molecule has 0 radical (unpaired) electrons. The minimum atomic E-state index is -1.74. The van der Waals surface area contributed by atoms with Gasteiger partial charge in [0.2, 0.25) is 1.43 Å². The van der Waals surface area contributed by atoms with Gasteiger partial charge in [0, 0.05) is 25.6 Å². The standard InChI is InChI=1S/C18H21NO3/c1-19-8-7-18-11-4-5-13(20)17(18)22-16-14(21-2)6-3-10(15(16)18)9-12(11)19/h3-6,11-13,17,20H,7-9H2,1-2H3/t11-,12+,13?,17?,18-/m0/s1/i11D,12D,13D,20D. The molecule has 1 saturated heterocycles. The summed E-state index contributed by atoms with van der Waals surface area (Å²) in [4.78, 5) is 1.93. The highest BCUT2D eigenvalue weighted by atomic mass is 16.5. The molecule has 0 saturated carbocycles. The molecular weight excluding hydrogens is 278 g/mol. The number of methoxy groups -OCH3 is 1. The lowest BCUT2D eigenvalue weighted by atomic mass is 9.53. The Morgan fingerprint density at radius 3 is 3.23 bits per heavy atom. The molecule has 22 heavy (non-hydrogen) atoms. The van der Waals surface area contributed by atoms with Crippen LogP contribution in [0.1, 0.15) is 21.7 Å². The third-order valence-corrected chi connectivity index (χ3v) is 5.68. The molecule has 0 amide bonds. The largest absolute Gasteiger partial charge is 0.493 e. The van der Waals surface area contributed by atoms with E-state index in [9.17, 15) is 2.74 Å². The number of piperidine rings is 1. The van der Waals surface area contributed by atoms with Crippen LogP contribution in [-0.4, -0.2) is 50.3 Å². The highest BCUT2D eigenvalue weighted by Gasteiger charge is 2.64. The average molecular weight is 303 g/mol. The van der Waals surface area contributed by atoms with Crippen molar-refractivity contribution in [2.45, 2.75) is 36.5 Å². The predicted molar refractivity (Wildman–Crippen MR) is 82.5 cm³/mol. The van der Waals surface area contributed by atoms with Crippen molar-refractivity contribution in [2.75, 3.05) is 20.7 Å². The van der Waals surface area contributed by atoms with Gasteiger partial charge in [-0.1, -0.05) is 18.2 Å². The molecule has 4 heteroatoms. The van der Waals surface area contributed by atoms with Gasteiger partial charge in [0.05, 0.1) is 8.48 Å². The van der Waals surface area contributed by atoms with E-state index in [4.69, 9.17) is 17.4 Å². The number of ether oxygens (including phenoxy) is 2. The lowest BCUT2D eigenvalue weighted by molar-refractivity contribution is -0.0453. The fourth-order valence-corrected chi connectivity index (χ4v) is 4.69. The van der Waals surface area contributed by atoms with Crippen LogP contribution in [0.3, 0.4) is 0 Å². The van der Waals surface area contributed by atoms with Crippen LogP contribution in [0, 0.1) is 5.89 Å². The Hall–Kier alpha value is -1.52. The van der Waals surface area contributed by atoms with Crippen LogP contribution in [0.25, 0.3) is 0 Å². The SMILES string of the molecule is [2H]OC1([2H])C=C[C@]2([2H])[C@@]34CCN(C)[C@]2([2H])Cc2ccc(OC)c(c23)OC14. The number of aliphatic hydroxyl groups is 1. The molecule has 2 bridgehead atoms. The maximum Gasteiger partial charge on any atom is 0.211 e. The Morgan fingerprint density at radius 1 is 1.50 bits per heavy atom. The zero-order chi connectivity index (χ0) is 18.5. The fraction of sp³-hybridized carbons (Fsp3) is 0.556. The summed E-state index contributed by atoms with van der Waals surface area (Å²) in [6.45, 7) is 0.613. The van der Waals surface area contributed by atoms with Crippen LogP contribution in [0.2, 0.25) is 0 Å². The minimum Gasteiger partial charge on any atom is -0.493 e. The first-order chi connectivity index (χ1) is 12.3. The molecule has 4 aliphatic rings. The molecule has 4 nitrogen and oxygen atoms in total. The highest BCUT2D eigenvalue weighted by Crippen LogP contribution is 2.62. The molecule has 116 valence electrons. The summed E-state index contributed by atoms with van der Waals surface area (Å²) in [7, 11) is 3.45. The molecule has 2 aliphatic carbocycles. The van der Waals surface area contributed by atoms with Crippen molar-refractivity contribution >= 4 is 0 Å². The Kier molecular flexibility index (Phi) is 1.77. The monoisotopic (exact) mass is 303 g/mol. The van der Waals surface area contributed by atoms with E-state index < -0.39 is 29.5 Å². The van der Waals surface area contributed by atoms with Crippen molar-refractivity contribution in [2.24, 2.45) is 5.89 Å². The maximum absolute atomic E-state index is 9.45. The zero-order valence-corrected chi connectivity index (χ0v) is 12.7. The number of hydrogen-bond donors (Lipinski definition) is 1. The summed E-state index contributed by atoms with van der Waals surface area (Å²) in [5, 5.41) is 4.81. The number of benzene rings is 1. The summed E-state index contributed by atoms with van der Waals surface area (Å²) in [6.07, 6.45) is 1.36. The average Bonchev–Trinajstić information content (AvgIpc) is 2.99. The van der Waals surface area contributed by atoms with E-state index >= 15 is 0 Å². The van der Waals surface area contributed by atoms with Crippen molar-refractivity contribution in [3.63, 3.8) is 0 Å². The molecule has 1 aromatic carbocycles. The van der Waals surface area contributed by atoms with E-state index in [1.807, 2.05) is 24.1 Å². The van der Waals surface area contributed by atoms with Crippen molar-refractivity contribution in [1.29, 1.82) is 1.43 Å². The Morgan fingerprint density at radius 2 is 2.41 bits per heavy atom. The molecule has 2 aliphatic heterocycles. The van der Waals surface area contributed by atoms with Gasteiger partial charge >= 0.3 is 0 Å². The van der Waals surface area contributed by atoms with Crippen molar-refractivity contribution in [3.05, 3.63) is 35.4 Å². The molecule has 5 rings (SSSR count). The first-order valence-corrected chi connectivity index (χ1v) is 7.70. The van der Waals surface area contributed by atoms with Gasteiger partial charge < -0.3 is 19.5 Å². The second-order valence-electron chi connectivity index (χ2n) is 6.54. The summed E-state index contributed by atoms with van der Waals surface area (Å²) in [5.74, 6) is -0.222. The van der Waals surface area contributed by atoms with Gasteiger partial charge in [-0.15, -0.1) is 0 Å². The third kappa shape index (κ3) is 1.28. The first kappa shape index (κ1) is 9.58. The normalized spacial score (nSPS) is 53.6. The van der Waals surface area contributed by atoms with Gasteiger partial charge in [-0.2, -0.15) is 0 Å². The number of rotatable bonds is 2. The third-order valence-electron chi connectivity index (χ3n) is 5.68. The molecule has 1 aromatic rings. The first-order valence-electron chi connectivity index (χ1n) is 9.61. The lowest BCUT2D eigenvalue weighted by Crippen LogP contribution is -2.64. The summed E-state index contributed by atoms with van der Waals surface area (Å²) in [5.41, 5.74) is 0.900. The van der Waals surface area contributed by atoms with Crippen LogP contribution >= 0.6 is 0 Å². The van der Waals surface area contributed by atoms with E-state index in [1.165, 1.54) is 6.08 Å². The quantitative estimate of drug-likeness (QED) is 0.841. The predicted octanol–water partition coefficient (Wildman–Crippen LogP) is 1.50. The zero-order valence-electron chi connectivity index (χ0n) is 16.7. The molecule has 0 aromatic heterocycles. The van der Waals surface area contributed by atoms with Gasteiger partial charge in [-0.05, 0) is 38.1 Å². The van der Waals surface area contributed by atoms with Crippen LogP contribution < -0.4 is 9.47 Å². The second kappa shape index (κ2) is 4.06. The van der Waals surface area contributed by atoms with E-state index in [2.05, 4.69) is 0 Å². The topological polar surface area (TPSA) is 41.9 Å². The molecule has 2 unspecified atom stereocenters. The highest BCUT2D eigenvalue weighted by molar-refractivity contribution is 5.62. The summed E-state index contributed by atoms with van der Waals surface area (Å²) >= 11 is 0.